The van der Waals surface area contributed by atoms with Crippen LogP contribution in [0.15, 0.2) is 30.3 Å². The highest BCUT2D eigenvalue weighted by Crippen LogP contribution is 2.17. The maximum absolute atomic E-state index is 11.4. The van der Waals surface area contributed by atoms with Crippen molar-refractivity contribution in [2.24, 2.45) is 0 Å². The highest BCUT2D eigenvalue weighted by molar-refractivity contribution is 5.76. The van der Waals surface area contributed by atoms with Gasteiger partial charge in [0.1, 0.15) is 0 Å². The van der Waals surface area contributed by atoms with Crippen LogP contribution in [0.1, 0.15) is 18.4 Å². The second kappa shape index (κ2) is 7.13. The number of aliphatic carboxylic acids is 1. The predicted molar refractivity (Wildman–Crippen MR) is 70.8 cm³/mol. The van der Waals surface area contributed by atoms with Crippen molar-refractivity contribution in [2.45, 2.75) is 18.9 Å². The van der Waals surface area contributed by atoms with E-state index in [0.29, 0.717) is 13.2 Å². The Hall–Kier alpha value is -1.39. The first-order valence-electron chi connectivity index (χ1n) is 6.03. The Labute approximate surface area is 108 Å². The number of benzene rings is 1. The van der Waals surface area contributed by atoms with Gasteiger partial charge in [-0.05, 0) is 19.5 Å². The Morgan fingerprint density at radius 2 is 2.00 bits per heavy atom. The molecule has 18 heavy (non-hydrogen) atoms. The lowest BCUT2D eigenvalue weighted by Crippen LogP contribution is -2.37. The quantitative estimate of drug-likeness (QED) is 0.803. The van der Waals surface area contributed by atoms with Gasteiger partial charge in [-0.3, -0.25) is 4.79 Å². The number of carboxylic acids is 1. The lowest BCUT2D eigenvalue weighted by atomic mass is 9.98. The summed E-state index contributed by atoms with van der Waals surface area (Å²) in [6, 6.07) is 9.52. The highest BCUT2D eigenvalue weighted by Gasteiger charge is 2.23. The summed E-state index contributed by atoms with van der Waals surface area (Å²) in [5, 5.41) is 9.33. The fraction of sp³-hybridized carbons (Fsp3) is 0.500. The van der Waals surface area contributed by atoms with Gasteiger partial charge in [0.25, 0.3) is 0 Å². The number of ether oxygens (including phenoxy) is 1. The summed E-state index contributed by atoms with van der Waals surface area (Å²) in [6.45, 7) is 3.09. The van der Waals surface area contributed by atoms with Crippen LogP contribution in [-0.2, 0) is 9.53 Å². The molecule has 0 fully saturated rings. The lowest BCUT2D eigenvalue weighted by Gasteiger charge is -2.27. The molecule has 1 aromatic carbocycles. The van der Waals surface area contributed by atoms with Crippen LogP contribution in [0.5, 0.6) is 0 Å². The van der Waals surface area contributed by atoms with Gasteiger partial charge in [-0.1, -0.05) is 30.3 Å². The molecule has 0 bridgehead atoms. The Kier molecular flexibility index (Phi) is 5.82. The maximum Gasteiger partial charge on any atom is 0.312 e. The number of carboxylic acid groups (broad SMARTS) is 1. The average Bonchev–Trinajstić information content (AvgIpc) is 2.36. The van der Waals surface area contributed by atoms with Crippen molar-refractivity contribution >= 4 is 5.97 Å². The predicted octanol–water partition coefficient (Wildman–Crippen LogP) is 1.82. The van der Waals surface area contributed by atoms with E-state index in [1.807, 2.05) is 49.2 Å². The van der Waals surface area contributed by atoms with Gasteiger partial charge in [-0.2, -0.15) is 0 Å². The van der Waals surface area contributed by atoms with Gasteiger partial charge in [0, 0.05) is 19.7 Å². The number of likely N-dealkylation sites (N-methyl/N-ethyl adjacent to an activating group) is 1. The van der Waals surface area contributed by atoms with E-state index >= 15 is 0 Å². The SMILES string of the molecule is COCC(C)N(C)CC(C(=O)O)c1ccccc1. The summed E-state index contributed by atoms with van der Waals surface area (Å²) in [6.07, 6.45) is 0. The van der Waals surface area contributed by atoms with E-state index in [-0.39, 0.29) is 6.04 Å². The van der Waals surface area contributed by atoms with Crippen LogP contribution in [0.4, 0.5) is 0 Å². The van der Waals surface area contributed by atoms with E-state index < -0.39 is 11.9 Å². The third-order valence-electron chi connectivity index (χ3n) is 3.13. The normalized spacial score (nSPS) is 14.4. The summed E-state index contributed by atoms with van der Waals surface area (Å²) >= 11 is 0. The topological polar surface area (TPSA) is 49.8 Å². The number of hydrogen-bond donors (Lipinski definition) is 1. The molecule has 4 nitrogen and oxygen atoms in total. The molecular formula is C14H21NO3. The molecule has 4 heteroatoms. The van der Waals surface area contributed by atoms with Crippen LogP contribution >= 0.6 is 0 Å². The molecule has 0 radical (unpaired) electrons. The van der Waals surface area contributed by atoms with Crippen LogP contribution in [0.3, 0.4) is 0 Å². The summed E-state index contributed by atoms with van der Waals surface area (Å²) in [7, 11) is 3.57. The highest BCUT2D eigenvalue weighted by atomic mass is 16.5. The van der Waals surface area contributed by atoms with Crippen molar-refractivity contribution in [3.05, 3.63) is 35.9 Å². The van der Waals surface area contributed by atoms with Gasteiger partial charge in [0.2, 0.25) is 0 Å². The second-order valence-corrected chi connectivity index (χ2v) is 4.55. The molecule has 0 aliphatic carbocycles. The molecular weight excluding hydrogens is 230 g/mol. The minimum Gasteiger partial charge on any atom is -0.481 e. The van der Waals surface area contributed by atoms with Gasteiger partial charge >= 0.3 is 5.97 Å². The Morgan fingerprint density at radius 3 is 2.50 bits per heavy atom. The van der Waals surface area contributed by atoms with Crippen LogP contribution in [0.2, 0.25) is 0 Å². The number of carbonyl (C=O) groups is 1. The summed E-state index contributed by atoms with van der Waals surface area (Å²) < 4.78 is 5.08. The fourth-order valence-corrected chi connectivity index (χ4v) is 1.85. The molecule has 0 saturated heterocycles. The molecule has 0 saturated carbocycles. The van der Waals surface area contributed by atoms with Crippen LogP contribution in [0, 0.1) is 0 Å². The van der Waals surface area contributed by atoms with Gasteiger partial charge in [-0.15, -0.1) is 0 Å². The van der Waals surface area contributed by atoms with Gasteiger partial charge in [0.15, 0.2) is 0 Å². The van der Waals surface area contributed by atoms with Crippen molar-refractivity contribution in [3.8, 4) is 0 Å². The van der Waals surface area contributed by atoms with E-state index in [0.717, 1.165) is 5.56 Å². The van der Waals surface area contributed by atoms with Gasteiger partial charge in [0.05, 0.1) is 12.5 Å². The summed E-state index contributed by atoms with van der Waals surface area (Å²) in [5.41, 5.74) is 0.835. The van der Waals surface area contributed by atoms with Gasteiger partial charge < -0.3 is 14.7 Å². The first-order valence-corrected chi connectivity index (χ1v) is 6.03. The molecule has 0 spiro atoms. The van der Waals surface area contributed by atoms with Crippen molar-refractivity contribution in [3.63, 3.8) is 0 Å². The third kappa shape index (κ3) is 4.13. The molecule has 0 aromatic heterocycles. The molecule has 0 aliphatic heterocycles. The van der Waals surface area contributed by atoms with Crippen molar-refractivity contribution in [2.75, 3.05) is 27.3 Å². The molecule has 1 N–H and O–H groups in total. The minimum absolute atomic E-state index is 0.195. The molecule has 1 aromatic rings. The third-order valence-corrected chi connectivity index (χ3v) is 3.13. The number of hydrogen-bond acceptors (Lipinski definition) is 3. The Balaban J connectivity index is 2.73. The van der Waals surface area contributed by atoms with Crippen LogP contribution in [-0.4, -0.2) is 49.3 Å². The second-order valence-electron chi connectivity index (χ2n) is 4.55. The number of nitrogens with zero attached hydrogens (tertiary/aromatic N) is 1. The molecule has 100 valence electrons. The van der Waals surface area contributed by atoms with E-state index in [1.165, 1.54) is 0 Å². The van der Waals surface area contributed by atoms with Gasteiger partial charge in [-0.25, -0.2) is 0 Å². The van der Waals surface area contributed by atoms with Crippen molar-refractivity contribution in [1.29, 1.82) is 0 Å². The van der Waals surface area contributed by atoms with E-state index in [4.69, 9.17) is 4.74 Å². The molecule has 0 amide bonds. The molecule has 0 heterocycles. The first-order chi connectivity index (χ1) is 8.56. The number of rotatable bonds is 7. The monoisotopic (exact) mass is 251 g/mol. The van der Waals surface area contributed by atoms with Crippen molar-refractivity contribution in [1.82, 2.24) is 4.90 Å². The van der Waals surface area contributed by atoms with E-state index in [2.05, 4.69) is 0 Å². The van der Waals surface area contributed by atoms with E-state index in [1.54, 1.807) is 7.11 Å². The zero-order valence-corrected chi connectivity index (χ0v) is 11.2. The van der Waals surface area contributed by atoms with Crippen molar-refractivity contribution < 1.29 is 14.6 Å². The molecule has 2 atom stereocenters. The van der Waals surface area contributed by atoms with E-state index in [9.17, 15) is 9.90 Å². The molecule has 2 unspecified atom stereocenters. The number of methoxy groups -OCH3 is 1. The maximum atomic E-state index is 11.4. The fourth-order valence-electron chi connectivity index (χ4n) is 1.85. The zero-order chi connectivity index (χ0) is 13.5. The Bertz CT molecular complexity index is 367. The largest absolute Gasteiger partial charge is 0.481 e. The average molecular weight is 251 g/mol. The minimum atomic E-state index is -0.794. The first kappa shape index (κ1) is 14.7. The summed E-state index contributed by atoms with van der Waals surface area (Å²) in [5.74, 6) is -1.30. The molecule has 0 aliphatic rings. The lowest BCUT2D eigenvalue weighted by molar-refractivity contribution is -0.139. The van der Waals surface area contributed by atoms with Crippen LogP contribution in [0.25, 0.3) is 0 Å². The Morgan fingerprint density at radius 1 is 1.39 bits per heavy atom. The smallest absolute Gasteiger partial charge is 0.312 e. The summed E-state index contributed by atoms with van der Waals surface area (Å²) in [4.78, 5) is 13.4. The van der Waals surface area contributed by atoms with Crippen LogP contribution < -0.4 is 0 Å². The standard InChI is InChI=1S/C14H21NO3/c1-11(10-18-3)15(2)9-13(14(16)17)12-7-5-4-6-8-12/h4-8,11,13H,9-10H2,1-3H3,(H,16,17). The zero-order valence-electron chi connectivity index (χ0n) is 11.2. The molecule has 1 rings (SSSR count).